The Labute approximate surface area is 107 Å². The van der Waals surface area contributed by atoms with Gasteiger partial charge in [0.25, 0.3) is 0 Å². The fourth-order valence-electron chi connectivity index (χ4n) is 1.92. The highest BCUT2D eigenvalue weighted by molar-refractivity contribution is 6.33. The van der Waals surface area contributed by atoms with E-state index in [1.807, 2.05) is 12.1 Å². The fraction of sp³-hybridized carbons (Fsp3) is 0.182. The van der Waals surface area contributed by atoms with E-state index in [9.17, 15) is 0 Å². The minimum atomic E-state index is 0.354. The van der Waals surface area contributed by atoms with Crippen LogP contribution in [0.3, 0.4) is 0 Å². The number of aryl methyl sites for hydroxylation is 1. The first-order valence-corrected chi connectivity index (χ1v) is 5.93. The van der Waals surface area contributed by atoms with Crippen LogP contribution in [0, 0.1) is 0 Å². The summed E-state index contributed by atoms with van der Waals surface area (Å²) in [5, 5.41) is 8.80. The molecule has 0 aliphatic heterocycles. The number of halogens is 2. The van der Waals surface area contributed by atoms with Crippen LogP contribution in [0.25, 0.3) is 16.7 Å². The molecule has 0 amide bonds. The van der Waals surface area contributed by atoms with Crippen molar-refractivity contribution in [1.82, 2.24) is 19.6 Å². The molecule has 0 saturated carbocycles. The van der Waals surface area contributed by atoms with E-state index in [-0.39, 0.29) is 0 Å². The number of hydrogen-bond acceptors (Lipinski definition) is 3. The quantitative estimate of drug-likeness (QED) is 0.680. The van der Waals surface area contributed by atoms with Gasteiger partial charge in [-0.1, -0.05) is 30.1 Å². The standard InChI is InChI=1S/C11H8Cl2N4/c1-2-6-3-7(12)4-8-9(6)15-10(13)11-16-14-5-17(8)11/h3-5H,2H2,1H3. The Bertz CT molecular complexity index is 720. The molecule has 1 aromatic carbocycles. The summed E-state index contributed by atoms with van der Waals surface area (Å²) in [6.45, 7) is 2.05. The molecular weight excluding hydrogens is 259 g/mol. The van der Waals surface area contributed by atoms with Crippen LogP contribution in [-0.2, 0) is 6.42 Å². The van der Waals surface area contributed by atoms with Crippen LogP contribution in [0.5, 0.6) is 0 Å². The van der Waals surface area contributed by atoms with Gasteiger partial charge >= 0.3 is 0 Å². The van der Waals surface area contributed by atoms with E-state index < -0.39 is 0 Å². The monoisotopic (exact) mass is 266 g/mol. The third kappa shape index (κ3) is 1.56. The third-order valence-corrected chi connectivity index (χ3v) is 3.19. The van der Waals surface area contributed by atoms with Crippen molar-refractivity contribution in [2.24, 2.45) is 0 Å². The summed E-state index contributed by atoms with van der Waals surface area (Å²) in [6, 6.07) is 3.75. The predicted octanol–water partition coefficient (Wildman–Crippen LogP) is 3.15. The van der Waals surface area contributed by atoms with E-state index in [0.29, 0.717) is 15.8 Å². The van der Waals surface area contributed by atoms with E-state index in [1.165, 1.54) is 0 Å². The van der Waals surface area contributed by atoms with Crippen molar-refractivity contribution in [2.75, 3.05) is 0 Å². The summed E-state index contributed by atoms with van der Waals surface area (Å²) in [4.78, 5) is 4.37. The molecule has 0 unspecified atom stereocenters. The van der Waals surface area contributed by atoms with E-state index in [2.05, 4.69) is 22.1 Å². The van der Waals surface area contributed by atoms with Crippen LogP contribution in [0.15, 0.2) is 18.5 Å². The van der Waals surface area contributed by atoms with E-state index in [4.69, 9.17) is 23.2 Å². The molecule has 17 heavy (non-hydrogen) atoms. The molecule has 0 bridgehead atoms. The van der Waals surface area contributed by atoms with Gasteiger partial charge in [-0.15, -0.1) is 10.2 Å². The van der Waals surface area contributed by atoms with Crippen molar-refractivity contribution in [2.45, 2.75) is 13.3 Å². The molecule has 0 spiro atoms. The summed E-state index contributed by atoms with van der Waals surface area (Å²) in [7, 11) is 0. The second-order valence-corrected chi connectivity index (χ2v) is 4.51. The summed E-state index contributed by atoms with van der Waals surface area (Å²) < 4.78 is 1.80. The lowest BCUT2D eigenvalue weighted by Gasteiger charge is -2.07. The van der Waals surface area contributed by atoms with Crippen molar-refractivity contribution in [1.29, 1.82) is 0 Å². The average Bonchev–Trinajstić information content (AvgIpc) is 2.79. The molecule has 0 aliphatic carbocycles. The number of fused-ring (bicyclic) bond motifs is 3. The number of hydrogen-bond donors (Lipinski definition) is 0. The van der Waals surface area contributed by atoms with E-state index >= 15 is 0 Å². The largest absolute Gasteiger partial charge is 0.277 e. The highest BCUT2D eigenvalue weighted by atomic mass is 35.5. The van der Waals surface area contributed by atoms with Crippen LogP contribution >= 0.6 is 23.2 Å². The van der Waals surface area contributed by atoms with Gasteiger partial charge in [-0.05, 0) is 24.1 Å². The molecule has 0 saturated heterocycles. The maximum absolute atomic E-state index is 6.09. The van der Waals surface area contributed by atoms with Gasteiger partial charge in [0.2, 0.25) is 0 Å². The molecule has 3 rings (SSSR count). The SMILES string of the molecule is CCc1cc(Cl)cc2c1nc(Cl)c1nncn12. The minimum Gasteiger partial charge on any atom is -0.277 e. The molecule has 0 N–H and O–H groups in total. The Morgan fingerprint density at radius 1 is 1.29 bits per heavy atom. The maximum Gasteiger partial charge on any atom is 0.198 e. The molecule has 86 valence electrons. The van der Waals surface area contributed by atoms with Crippen LogP contribution in [0.4, 0.5) is 0 Å². The lowest BCUT2D eigenvalue weighted by atomic mass is 10.1. The van der Waals surface area contributed by atoms with Gasteiger partial charge < -0.3 is 0 Å². The highest BCUT2D eigenvalue weighted by Crippen LogP contribution is 2.26. The predicted molar refractivity (Wildman–Crippen MR) is 67.7 cm³/mol. The summed E-state index contributed by atoms with van der Waals surface area (Å²) in [6.07, 6.45) is 2.45. The lowest BCUT2D eigenvalue weighted by Crippen LogP contribution is -1.96. The van der Waals surface area contributed by atoms with Crippen molar-refractivity contribution in [3.05, 3.63) is 34.2 Å². The lowest BCUT2D eigenvalue weighted by molar-refractivity contribution is 1.11. The van der Waals surface area contributed by atoms with E-state index in [1.54, 1.807) is 10.7 Å². The molecule has 3 aromatic rings. The maximum atomic E-state index is 6.09. The van der Waals surface area contributed by atoms with Gasteiger partial charge in [0, 0.05) is 5.02 Å². The summed E-state index contributed by atoms with van der Waals surface area (Å²) >= 11 is 12.2. The topological polar surface area (TPSA) is 43.1 Å². The van der Waals surface area contributed by atoms with Crippen molar-refractivity contribution < 1.29 is 0 Å². The van der Waals surface area contributed by atoms with Gasteiger partial charge in [-0.2, -0.15) is 0 Å². The zero-order chi connectivity index (χ0) is 12.0. The molecule has 4 nitrogen and oxygen atoms in total. The Morgan fingerprint density at radius 3 is 2.88 bits per heavy atom. The van der Waals surface area contributed by atoms with Gasteiger partial charge in [0.15, 0.2) is 10.8 Å². The Hall–Kier alpha value is -1.39. The van der Waals surface area contributed by atoms with Crippen LogP contribution in [0.1, 0.15) is 12.5 Å². The molecule has 2 heterocycles. The highest BCUT2D eigenvalue weighted by Gasteiger charge is 2.11. The van der Waals surface area contributed by atoms with Crippen molar-refractivity contribution in [3.8, 4) is 0 Å². The first-order valence-electron chi connectivity index (χ1n) is 5.18. The van der Waals surface area contributed by atoms with Crippen LogP contribution in [-0.4, -0.2) is 19.6 Å². The number of nitrogens with zero attached hydrogens (tertiary/aromatic N) is 4. The Kier molecular flexibility index (Phi) is 2.42. The Morgan fingerprint density at radius 2 is 2.12 bits per heavy atom. The fourth-order valence-corrected chi connectivity index (χ4v) is 2.37. The smallest absolute Gasteiger partial charge is 0.198 e. The number of aromatic nitrogens is 4. The molecule has 0 atom stereocenters. The minimum absolute atomic E-state index is 0.354. The normalized spacial score (nSPS) is 11.5. The van der Waals surface area contributed by atoms with Gasteiger partial charge in [-0.25, -0.2) is 4.98 Å². The van der Waals surface area contributed by atoms with Gasteiger partial charge in [0.05, 0.1) is 11.0 Å². The molecule has 2 aromatic heterocycles. The first kappa shape index (κ1) is 10.7. The van der Waals surface area contributed by atoms with Gasteiger partial charge in [-0.3, -0.25) is 4.40 Å². The zero-order valence-corrected chi connectivity index (χ0v) is 10.5. The molecular formula is C11H8Cl2N4. The van der Waals surface area contributed by atoms with Gasteiger partial charge in [0.1, 0.15) is 6.33 Å². The molecule has 6 heteroatoms. The Balaban J connectivity index is 2.58. The average molecular weight is 267 g/mol. The molecule has 0 radical (unpaired) electrons. The van der Waals surface area contributed by atoms with Crippen LogP contribution in [0.2, 0.25) is 10.2 Å². The summed E-state index contributed by atoms with van der Waals surface area (Å²) in [5.74, 6) is 0. The number of rotatable bonds is 1. The van der Waals surface area contributed by atoms with Crippen molar-refractivity contribution in [3.63, 3.8) is 0 Å². The zero-order valence-electron chi connectivity index (χ0n) is 8.98. The van der Waals surface area contributed by atoms with Crippen molar-refractivity contribution >= 4 is 39.9 Å². The first-order chi connectivity index (χ1) is 8.20. The number of benzene rings is 1. The second kappa shape index (κ2) is 3.82. The van der Waals surface area contributed by atoms with Crippen LogP contribution < -0.4 is 0 Å². The summed E-state index contributed by atoms with van der Waals surface area (Å²) in [5.41, 5.74) is 3.32. The van der Waals surface area contributed by atoms with E-state index in [0.717, 1.165) is 23.0 Å². The second-order valence-electron chi connectivity index (χ2n) is 3.71. The molecule has 0 aliphatic rings. The molecule has 0 fully saturated rings. The third-order valence-electron chi connectivity index (χ3n) is 2.72.